The lowest BCUT2D eigenvalue weighted by Gasteiger charge is -2.35. The minimum absolute atomic E-state index is 0.0382. The highest BCUT2D eigenvalue weighted by atomic mass is 79.9. The van der Waals surface area contributed by atoms with Crippen LogP contribution in [0, 0.1) is 0 Å². The molecule has 3 aromatic carbocycles. The molecule has 0 bridgehead atoms. The fourth-order valence-electron chi connectivity index (χ4n) is 5.64. The van der Waals surface area contributed by atoms with Gasteiger partial charge in [0.25, 0.3) is 0 Å². The quantitative estimate of drug-likeness (QED) is 0.273. The van der Waals surface area contributed by atoms with Gasteiger partial charge in [-0.1, -0.05) is 77.7 Å². The van der Waals surface area contributed by atoms with Crippen molar-refractivity contribution in [1.29, 1.82) is 0 Å². The Balaban J connectivity index is 1.51. The molecule has 1 unspecified atom stereocenters. The Labute approximate surface area is 267 Å². The van der Waals surface area contributed by atoms with Crippen LogP contribution in [-0.4, -0.2) is 56.3 Å². The van der Waals surface area contributed by atoms with E-state index in [0.29, 0.717) is 17.2 Å². The first-order chi connectivity index (χ1) is 21.2. The highest BCUT2D eigenvalue weighted by molar-refractivity contribution is 9.10. The first-order valence-electron chi connectivity index (χ1n) is 15.0. The molecule has 5 rings (SSSR count). The van der Waals surface area contributed by atoms with Crippen molar-refractivity contribution in [3.63, 3.8) is 0 Å². The predicted octanol–water partition coefficient (Wildman–Crippen LogP) is 5.42. The SMILES string of the molecule is CCS(=O)(=O)N(CC(=O)N(Cc1ccc(Br)cc1)C(Cc1ccccc1)C(=O)NC1CCCCC1)c1ccc2c(c1)OCO2. The number of hydrogen-bond donors (Lipinski definition) is 1. The Morgan fingerprint density at radius 1 is 0.932 bits per heavy atom. The number of rotatable bonds is 12. The normalized spacial score (nSPS) is 15.4. The van der Waals surface area contributed by atoms with Crippen LogP contribution in [0.25, 0.3) is 0 Å². The lowest BCUT2D eigenvalue weighted by molar-refractivity contribution is -0.140. The molecule has 1 atom stereocenters. The molecule has 1 aliphatic heterocycles. The van der Waals surface area contributed by atoms with Gasteiger partial charge in [-0.2, -0.15) is 0 Å². The van der Waals surface area contributed by atoms with Gasteiger partial charge < -0.3 is 19.7 Å². The maximum Gasteiger partial charge on any atom is 0.244 e. The summed E-state index contributed by atoms with van der Waals surface area (Å²) < 4.78 is 39.7. The molecule has 0 spiro atoms. The fourth-order valence-corrected chi connectivity index (χ4v) is 6.96. The van der Waals surface area contributed by atoms with Crippen LogP contribution in [0.15, 0.2) is 77.3 Å². The zero-order valence-corrected chi connectivity index (χ0v) is 27.2. The molecule has 1 fully saturated rings. The number of halogens is 1. The molecule has 234 valence electrons. The number of sulfonamides is 1. The van der Waals surface area contributed by atoms with Crippen molar-refractivity contribution in [2.75, 3.05) is 23.4 Å². The van der Waals surface area contributed by atoms with Crippen LogP contribution < -0.4 is 19.1 Å². The predicted molar refractivity (Wildman–Crippen MR) is 173 cm³/mol. The second-order valence-corrected chi connectivity index (χ2v) is 14.2. The number of nitrogens with zero attached hydrogens (tertiary/aromatic N) is 2. The third-order valence-corrected chi connectivity index (χ3v) is 10.4. The average molecular weight is 685 g/mol. The third kappa shape index (κ3) is 7.92. The Kier molecular flexibility index (Phi) is 10.5. The summed E-state index contributed by atoms with van der Waals surface area (Å²) in [7, 11) is -3.88. The van der Waals surface area contributed by atoms with Gasteiger partial charge in [0, 0.05) is 29.5 Å². The Bertz CT molecular complexity index is 1550. The van der Waals surface area contributed by atoms with E-state index < -0.39 is 28.5 Å². The van der Waals surface area contributed by atoms with Crippen LogP contribution in [0.5, 0.6) is 11.5 Å². The molecule has 1 heterocycles. The molecular formula is C33H38BrN3O6S. The van der Waals surface area contributed by atoms with Gasteiger partial charge in [0.1, 0.15) is 12.6 Å². The van der Waals surface area contributed by atoms with Gasteiger partial charge in [0.05, 0.1) is 11.4 Å². The van der Waals surface area contributed by atoms with E-state index in [1.165, 1.54) is 11.8 Å². The summed E-state index contributed by atoms with van der Waals surface area (Å²) in [5, 5.41) is 3.22. The van der Waals surface area contributed by atoms with Crippen LogP contribution in [0.4, 0.5) is 5.69 Å². The molecule has 2 amide bonds. The summed E-state index contributed by atoms with van der Waals surface area (Å²) in [6.45, 7) is 1.23. The van der Waals surface area contributed by atoms with Gasteiger partial charge in [-0.25, -0.2) is 8.42 Å². The molecule has 11 heteroatoms. The number of carbonyl (C=O) groups excluding carboxylic acids is 2. The molecule has 1 saturated carbocycles. The first-order valence-corrected chi connectivity index (χ1v) is 17.4. The number of nitrogens with one attached hydrogen (secondary N) is 1. The van der Waals surface area contributed by atoms with Crippen molar-refractivity contribution in [2.45, 2.75) is 64.1 Å². The molecular weight excluding hydrogens is 646 g/mol. The zero-order chi connectivity index (χ0) is 31.1. The maximum atomic E-state index is 14.4. The number of hydrogen-bond acceptors (Lipinski definition) is 6. The van der Waals surface area contributed by atoms with Gasteiger partial charge in [0.2, 0.25) is 28.6 Å². The molecule has 9 nitrogen and oxygen atoms in total. The molecule has 0 radical (unpaired) electrons. The number of fused-ring (bicyclic) bond motifs is 1. The fraction of sp³-hybridized carbons (Fsp3) is 0.394. The highest BCUT2D eigenvalue weighted by Crippen LogP contribution is 2.36. The van der Waals surface area contributed by atoms with Gasteiger partial charge in [0.15, 0.2) is 11.5 Å². The lowest BCUT2D eigenvalue weighted by Crippen LogP contribution is -2.55. The molecule has 0 saturated heterocycles. The summed E-state index contributed by atoms with van der Waals surface area (Å²) in [5.74, 6) is -0.0155. The molecule has 1 aliphatic carbocycles. The number of carbonyl (C=O) groups is 2. The van der Waals surface area contributed by atoms with Gasteiger partial charge in [-0.3, -0.25) is 13.9 Å². The molecule has 1 N–H and O–H groups in total. The van der Waals surface area contributed by atoms with Crippen LogP contribution in [0.1, 0.15) is 50.2 Å². The van der Waals surface area contributed by atoms with E-state index in [0.717, 1.165) is 52.0 Å². The van der Waals surface area contributed by atoms with Gasteiger partial charge in [-0.05, 0) is 55.2 Å². The van der Waals surface area contributed by atoms with Crippen LogP contribution in [0.3, 0.4) is 0 Å². The van der Waals surface area contributed by atoms with Crippen LogP contribution in [-0.2, 0) is 32.6 Å². The zero-order valence-electron chi connectivity index (χ0n) is 24.8. The van der Waals surface area contributed by atoms with E-state index in [-0.39, 0.29) is 37.5 Å². The summed E-state index contributed by atoms with van der Waals surface area (Å²) in [5.41, 5.74) is 2.01. The number of anilines is 1. The van der Waals surface area contributed by atoms with Gasteiger partial charge >= 0.3 is 0 Å². The smallest absolute Gasteiger partial charge is 0.244 e. The Morgan fingerprint density at radius 3 is 2.34 bits per heavy atom. The average Bonchev–Trinajstić information content (AvgIpc) is 3.51. The van der Waals surface area contributed by atoms with Crippen molar-refractivity contribution < 1.29 is 27.5 Å². The third-order valence-electron chi connectivity index (χ3n) is 8.11. The number of ether oxygens (including phenoxy) is 2. The van der Waals surface area contributed by atoms with Crippen molar-refractivity contribution in [3.8, 4) is 11.5 Å². The molecule has 3 aromatic rings. The van der Waals surface area contributed by atoms with Crippen molar-refractivity contribution >= 4 is 43.5 Å². The van der Waals surface area contributed by atoms with E-state index in [4.69, 9.17) is 9.47 Å². The van der Waals surface area contributed by atoms with Crippen LogP contribution in [0.2, 0.25) is 0 Å². The topological polar surface area (TPSA) is 105 Å². The van der Waals surface area contributed by atoms with Crippen LogP contribution >= 0.6 is 15.9 Å². The molecule has 44 heavy (non-hydrogen) atoms. The Morgan fingerprint density at radius 2 is 1.64 bits per heavy atom. The minimum atomic E-state index is -3.88. The second-order valence-electron chi connectivity index (χ2n) is 11.1. The van der Waals surface area contributed by atoms with E-state index in [1.54, 1.807) is 18.2 Å². The first kappa shape index (κ1) is 31.8. The van der Waals surface area contributed by atoms with Gasteiger partial charge in [-0.15, -0.1) is 0 Å². The number of amides is 2. The summed E-state index contributed by atoms with van der Waals surface area (Å²) in [6, 6.07) is 21.1. The standard InChI is InChI=1S/C33H38BrN3O6S/c1-2-44(40,41)37(28-17-18-30-31(20-28)43-23-42-30)22-32(38)36(21-25-13-15-26(34)16-14-25)29(19-24-9-5-3-6-10-24)33(39)35-27-11-7-4-8-12-27/h3,5-6,9-10,13-18,20,27,29H,2,4,7-8,11-12,19,21-23H2,1H3,(H,35,39). The van der Waals surface area contributed by atoms with E-state index in [9.17, 15) is 18.0 Å². The molecule has 2 aliphatic rings. The Hall–Kier alpha value is -3.57. The van der Waals surface area contributed by atoms with Crippen molar-refractivity contribution in [1.82, 2.24) is 10.2 Å². The summed E-state index contributed by atoms with van der Waals surface area (Å²) >= 11 is 3.46. The maximum absolute atomic E-state index is 14.4. The number of benzene rings is 3. The van der Waals surface area contributed by atoms with E-state index in [2.05, 4.69) is 21.2 Å². The largest absolute Gasteiger partial charge is 0.454 e. The highest BCUT2D eigenvalue weighted by Gasteiger charge is 2.35. The van der Waals surface area contributed by atoms with E-state index in [1.807, 2.05) is 54.6 Å². The van der Waals surface area contributed by atoms with E-state index >= 15 is 0 Å². The summed E-state index contributed by atoms with van der Waals surface area (Å²) in [4.78, 5) is 30.0. The molecule has 0 aromatic heterocycles. The monoisotopic (exact) mass is 683 g/mol. The van der Waals surface area contributed by atoms with Crippen molar-refractivity contribution in [2.24, 2.45) is 0 Å². The lowest BCUT2D eigenvalue weighted by atomic mass is 9.94. The minimum Gasteiger partial charge on any atom is -0.454 e. The van der Waals surface area contributed by atoms with Crippen molar-refractivity contribution in [3.05, 3.63) is 88.4 Å². The summed E-state index contributed by atoms with van der Waals surface area (Å²) in [6.07, 6.45) is 5.33. The second kappa shape index (κ2) is 14.5.